The van der Waals surface area contributed by atoms with E-state index in [0.717, 1.165) is 32.4 Å². The first-order valence-corrected chi connectivity index (χ1v) is 10.4. The summed E-state index contributed by atoms with van der Waals surface area (Å²) >= 11 is 11.1. The first-order chi connectivity index (χ1) is 13.1. The van der Waals surface area contributed by atoms with Crippen LogP contribution in [-0.2, 0) is 12.3 Å². The van der Waals surface area contributed by atoms with Crippen LogP contribution in [0.3, 0.4) is 0 Å². The normalized spacial score (nSPS) is 11.2. The minimum absolute atomic E-state index is 0.640. The third-order valence-corrected chi connectivity index (χ3v) is 5.70. The van der Waals surface area contributed by atoms with Gasteiger partial charge < -0.3 is 4.40 Å². The predicted octanol–water partition coefficient (Wildman–Crippen LogP) is 5.49. The second-order valence-electron chi connectivity index (χ2n) is 5.85. The first-order valence-electron chi connectivity index (χ1n) is 8.20. The number of allylic oxidation sites excluding steroid dienone is 1. The lowest BCUT2D eigenvalue weighted by molar-refractivity contribution is 0.731. The number of hydrogen-bond acceptors (Lipinski definition) is 4. The van der Waals surface area contributed by atoms with Gasteiger partial charge in [-0.05, 0) is 24.3 Å². The maximum absolute atomic E-state index is 6.04. The minimum atomic E-state index is 0.640. The molecule has 27 heavy (non-hydrogen) atoms. The van der Waals surface area contributed by atoms with Crippen molar-refractivity contribution in [2.45, 2.75) is 17.5 Å². The van der Waals surface area contributed by atoms with Crippen molar-refractivity contribution >= 4 is 44.9 Å². The van der Waals surface area contributed by atoms with E-state index in [4.69, 9.17) is 11.6 Å². The Morgan fingerprint density at radius 3 is 2.70 bits per heavy atom. The van der Waals surface area contributed by atoms with Crippen molar-refractivity contribution < 1.29 is 0 Å². The van der Waals surface area contributed by atoms with Gasteiger partial charge in [0, 0.05) is 34.7 Å². The lowest BCUT2D eigenvalue weighted by Gasteiger charge is -2.07. The Morgan fingerprint density at radius 2 is 1.93 bits per heavy atom. The zero-order valence-electron chi connectivity index (χ0n) is 14.2. The van der Waals surface area contributed by atoms with Gasteiger partial charge in [-0.3, -0.25) is 4.57 Å². The number of imidazole rings is 1. The molecule has 0 radical (unpaired) electrons. The van der Waals surface area contributed by atoms with Crippen molar-refractivity contribution in [2.75, 3.05) is 0 Å². The van der Waals surface area contributed by atoms with Gasteiger partial charge in [-0.2, -0.15) is 0 Å². The van der Waals surface area contributed by atoms with Crippen LogP contribution in [0.2, 0.25) is 5.02 Å². The molecule has 0 aliphatic heterocycles. The number of benzene rings is 1. The monoisotopic (exact) mass is 459 g/mol. The number of halogens is 2. The highest BCUT2D eigenvalue weighted by Crippen LogP contribution is 2.27. The van der Waals surface area contributed by atoms with Gasteiger partial charge in [0.25, 0.3) is 0 Å². The number of nitrogens with zero attached hydrogens (tertiary/aromatic N) is 5. The van der Waals surface area contributed by atoms with E-state index in [1.807, 2.05) is 59.3 Å². The molecule has 1 aromatic carbocycles. The molecule has 0 N–H and O–H groups in total. The summed E-state index contributed by atoms with van der Waals surface area (Å²) in [5, 5.41) is 10.3. The quantitative estimate of drug-likeness (QED) is 0.282. The Hall–Kier alpha value is -2.09. The molecule has 136 valence electrons. The SMILES string of the molecule is C=CCn1c(SCc2cn3cc(Cl)ccc3n2)nnc1-c1ccc(Br)cc1. The summed E-state index contributed by atoms with van der Waals surface area (Å²) in [6.45, 7) is 4.50. The molecular formula is C19H15BrClN5S. The van der Waals surface area contributed by atoms with Crippen molar-refractivity contribution in [3.8, 4) is 11.4 Å². The summed E-state index contributed by atoms with van der Waals surface area (Å²) in [6.07, 6.45) is 5.69. The summed E-state index contributed by atoms with van der Waals surface area (Å²) in [5.74, 6) is 1.52. The van der Waals surface area contributed by atoms with Crippen LogP contribution < -0.4 is 0 Å². The summed E-state index contributed by atoms with van der Waals surface area (Å²) in [6, 6.07) is 11.8. The molecular weight excluding hydrogens is 446 g/mol. The summed E-state index contributed by atoms with van der Waals surface area (Å²) in [4.78, 5) is 4.62. The van der Waals surface area contributed by atoms with Gasteiger partial charge in [-0.1, -0.05) is 57.5 Å². The van der Waals surface area contributed by atoms with E-state index in [9.17, 15) is 0 Å². The van der Waals surface area contributed by atoms with Crippen molar-refractivity contribution in [3.05, 3.63) is 76.6 Å². The fourth-order valence-corrected chi connectivity index (χ4v) is 3.99. The smallest absolute Gasteiger partial charge is 0.192 e. The Labute approximate surface area is 174 Å². The molecule has 0 aliphatic carbocycles. The van der Waals surface area contributed by atoms with E-state index in [2.05, 4.69) is 42.3 Å². The molecule has 3 aromatic heterocycles. The maximum atomic E-state index is 6.04. The summed E-state index contributed by atoms with van der Waals surface area (Å²) in [5.41, 5.74) is 2.85. The average Bonchev–Trinajstić information content (AvgIpc) is 3.24. The molecule has 0 atom stereocenters. The Balaban J connectivity index is 1.59. The van der Waals surface area contributed by atoms with Crippen LogP contribution in [0.25, 0.3) is 17.0 Å². The van der Waals surface area contributed by atoms with E-state index in [1.54, 1.807) is 11.8 Å². The van der Waals surface area contributed by atoms with Crippen LogP contribution in [0.5, 0.6) is 0 Å². The van der Waals surface area contributed by atoms with Crippen LogP contribution >= 0.6 is 39.3 Å². The Kier molecular flexibility index (Phi) is 5.33. The molecule has 0 aliphatic rings. The van der Waals surface area contributed by atoms with Crippen molar-refractivity contribution in [1.82, 2.24) is 24.1 Å². The fraction of sp³-hybridized carbons (Fsp3) is 0.105. The molecule has 0 bridgehead atoms. The van der Waals surface area contributed by atoms with E-state index in [1.165, 1.54) is 0 Å². The highest BCUT2D eigenvalue weighted by Gasteiger charge is 2.14. The zero-order valence-corrected chi connectivity index (χ0v) is 17.4. The van der Waals surface area contributed by atoms with Gasteiger partial charge in [0.15, 0.2) is 11.0 Å². The topological polar surface area (TPSA) is 48.0 Å². The first kappa shape index (κ1) is 18.3. The lowest BCUT2D eigenvalue weighted by atomic mass is 10.2. The van der Waals surface area contributed by atoms with Crippen LogP contribution in [0.15, 0.2) is 71.1 Å². The van der Waals surface area contributed by atoms with Gasteiger partial charge in [0.05, 0.1) is 10.7 Å². The molecule has 8 heteroatoms. The van der Waals surface area contributed by atoms with Crippen molar-refractivity contribution in [1.29, 1.82) is 0 Å². The molecule has 3 heterocycles. The highest BCUT2D eigenvalue weighted by atomic mass is 79.9. The molecule has 0 saturated heterocycles. The van der Waals surface area contributed by atoms with Gasteiger partial charge >= 0.3 is 0 Å². The molecule has 4 aromatic rings. The Morgan fingerprint density at radius 1 is 1.11 bits per heavy atom. The fourth-order valence-electron chi connectivity index (χ4n) is 2.73. The lowest BCUT2D eigenvalue weighted by Crippen LogP contribution is -2.00. The number of pyridine rings is 1. The highest BCUT2D eigenvalue weighted by molar-refractivity contribution is 9.10. The largest absolute Gasteiger partial charge is 0.305 e. The second-order valence-corrected chi connectivity index (χ2v) is 8.14. The third kappa shape index (κ3) is 3.95. The van der Waals surface area contributed by atoms with Crippen molar-refractivity contribution in [3.63, 3.8) is 0 Å². The van der Waals surface area contributed by atoms with Gasteiger partial charge in [0.1, 0.15) is 5.65 Å². The number of aromatic nitrogens is 5. The van der Waals surface area contributed by atoms with Gasteiger partial charge in [0.2, 0.25) is 0 Å². The Bertz CT molecular complexity index is 1100. The maximum Gasteiger partial charge on any atom is 0.192 e. The third-order valence-electron chi connectivity index (χ3n) is 3.94. The van der Waals surface area contributed by atoms with Crippen LogP contribution in [-0.4, -0.2) is 24.1 Å². The number of fused-ring (bicyclic) bond motifs is 1. The number of rotatable bonds is 6. The number of thioether (sulfide) groups is 1. The van der Waals surface area contributed by atoms with Crippen LogP contribution in [0.4, 0.5) is 0 Å². The van der Waals surface area contributed by atoms with Crippen LogP contribution in [0.1, 0.15) is 5.69 Å². The standard InChI is InChI=1S/C19H15BrClN5S/c1-2-9-26-18(13-3-5-14(20)6-4-13)23-24-19(26)27-12-16-11-25-10-15(21)7-8-17(25)22-16/h2-8,10-11H,1,9,12H2. The molecule has 0 fully saturated rings. The molecule has 0 unspecified atom stereocenters. The molecule has 0 amide bonds. The predicted molar refractivity (Wildman–Crippen MR) is 113 cm³/mol. The van der Waals surface area contributed by atoms with Gasteiger partial charge in [-0.15, -0.1) is 16.8 Å². The second kappa shape index (κ2) is 7.88. The van der Waals surface area contributed by atoms with E-state index < -0.39 is 0 Å². The number of hydrogen-bond donors (Lipinski definition) is 0. The molecule has 0 spiro atoms. The van der Waals surface area contributed by atoms with E-state index in [-0.39, 0.29) is 0 Å². The minimum Gasteiger partial charge on any atom is -0.305 e. The summed E-state index contributed by atoms with van der Waals surface area (Å²) < 4.78 is 5.02. The van der Waals surface area contributed by atoms with Gasteiger partial charge in [-0.25, -0.2) is 4.98 Å². The molecule has 0 saturated carbocycles. The summed E-state index contributed by atoms with van der Waals surface area (Å²) in [7, 11) is 0. The van der Waals surface area contributed by atoms with Crippen molar-refractivity contribution in [2.24, 2.45) is 0 Å². The zero-order chi connectivity index (χ0) is 18.8. The molecule has 5 nitrogen and oxygen atoms in total. The van der Waals surface area contributed by atoms with Crippen LogP contribution in [0, 0.1) is 0 Å². The molecule has 4 rings (SSSR count). The van der Waals surface area contributed by atoms with E-state index >= 15 is 0 Å². The van der Waals surface area contributed by atoms with E-state index in [0.29, 0.717) is 17.3 Å². The average molecular weight is 461 g/mol.